The average molecular weight is 248 g/mol. The van der Waals surface area contributed by atoms with Gasteiger partial charge in [0.15, 0.2) is 0 Å². The SMILES string of the molecule is NC1CCCCC1N(CCO)Cc1ccccc1. The molecule has 1 aromatic rings. The molecule has 2 atom stereocenters. The summed E-state index contributed by atoms with van der Waals surface area (Å²) >= 11 is 0. The summed E-state index contributed by atoms with van der Waals surface area (Å²) in [4.78, 5) is 2.35. The average Bonchev–Trinajstić information content (AvgIpc) is 2.40. The van der Waals surface area contributed by atoms with Crippen LogP contribution in [0.1, 0.15) is 31.2 Å². The Bertz CT molecular complexity index is 342. The number of hydrogen-bond acceptors (Lipinski definition) is 3. The molecule has 3 N–H and O–H groups in total. The smallest absolute Gasteiger partial charge is 0.0558 e. The van der Waals surface area contributed by atoms with E-state index in [1.54, 1.807) is 0 Å². The molecule has 1 aliphatic carbocycles. The number of aliphatic hydroxyl groups excluding tert-OH is 1. The van der Waals surface area contributed by atoms with Crippen LogP contribution in [0, 0.1) is 0 Å². The van der Waals surface area contributed by atoms with Crippen molar-refractivity contribution < 1.29 is 5.11 Å². The summed E-state index contributed by atoms with van der Waals surface area (Å²) < 4.78 is 0. The molecule has 100 valence electrons. The summed E-state index contributed by atoms with van der Waals surface area (Å²) in [7, 11) is 0. The normalized spacial score (nSPS) is 24.4. The molecule has 1 aromatic carbocycles. The lowest BCUT2D eigenvalue weighted by molar-refractivity contribution is 0.104. The molecule has 1 aliphatic rings. The molecule has 0 amide bonds. The number of aliphatic hydroxyl groups is 1. The zero-order valence-electron chi connectivity index (χ0n) is 11.0. The molecule has 0 bridgehead atoms. The van der Waals surface area contributed by atoms with Crippen molar-refractivity contribution in [2.24, 2.45) is 5.73 Å². The molecule has 0 saturated heterocycles. The molecule has 1 fully saturated rings. The van der Waals surface area contributed by atoms with Crippen LogP contribution < -0.4 is 5.73 Å². The lowest BCUT2D eigenvalue weighted by Crippen LogP contribution is -2.50. The monoisotopic (exact) mass is 248 g/mol. The second kappa shape index (κ2) is 6.88. The van der Waals surface area contributed by atoms with Crippen molar-refractivity contribution in [3.63, 3.8) is 0 Å². The van der Waals surface area contributed by atoms with Crippen molar-refractivity contribution in [3.8, 4) is 0 Å². The first-order chi connectivity index (χ1) is 8.81. The van der Waals surface area contributed by atoms with Crippen LogP contribution >= 0.6 is 0 Å². The lowest BCUT2D eigenvalue weighted by atomic mass is 9.89. The van der Waals surface area contributed by atoms with Crippen LogP contribution in [0.4, 0.5) is 0 Å². The highest BCUT2D eigenvalue weighted by Crippen LogP contribution is 2.23. The van der Waals surface area contributed by atoms with Gasteiger partial charge in [-0.1, -0.05) is 43.2 Å². The van der Waals surface area contributed by atoms with Gasteiger partial charge in [0.2, 0.25) is 0 Å². The van der Waals surface area contributed by atoms with E-state index >= 15 is 0 Å². The largest absolute Gasteiger partial charge is 0.395 e. The lowest BCUT2D eigenvalue weighted by Gasteiger charge is -2.38. The molecule has 3 heteroatoms. The van der Waals surface area contributed by atoms with Gasteiger partial charge in [-0.05, 0) is 18.4 Å². The van der Waals surface area contributed by atoms with E-state index < -0.39 is 0 Å². The third-order valence-electron chi connectivity index (χ3n) is 3.87. The summed E-state index contributed by atoms with van der Waals surface area (Å²) in [5.74, 6) is 0. The second-order valence-corrected chi connectivity index (χ2v) is 5.20. The van der Waals surface area contributed by atoms with E-state index in [9.17, 15) is 5.11 Å². The van der Waals surface area contributed by atoms with Crippen molar-refractivity contribution in [3.05, 3.63) is 35.9 Å². The fourth-order valence-electron chi connectivity index (χ4n) is 2.90. The molecular formula is C15H24N2O. The third kappa shape index (κ3) is 3.55. The van der Waals surface area contributed by atoms with Crippen LogP contribution in [-0.4, -0.2) is 35.2 Å². The van der Waals surface area contributed by atoms with E-state index in [2.05, 4.69) is 29.2 Å². The Morgan fingerprint density at radius 2 is 1.89 bits per heavy atom. The highest BCUT2D eigenvalue weighted by Gasteiger charge is 2.27. The fraction of sp³-hybridized carbons (Fsp3) is 0.600. The summed E-state index contributed by atoms with van der Waals surface area (Å²) in [6, 6.07) is 11.1. The third-order valence-corrected chi connectivity index (χ3v) is 3.87. The second-order valence-electron chi connectivity index (χ2n) is 5.20. The minimum atomic E-state index is 0.204. The Balaban J connectivity index is 2.02. The maximum absolute atomic E-state index is 9.25. The van der Waals surface area contributed by atoms with Crippen molar-refractivity contribution >= 4 is 0 Å². The summed E-state index contributed by atoms with van der Waals surface area (Å²) in [5.41, 5.74) is 7.54. The summed E-state index contributed by atoms with van der Waals surface area (Å²) in [6.07, 6.45) is 4.78. The van der Waals surface area contributed by atoms with E-state index in [0.29, 0.717) is 12.6 Å². The van der Waals surface area contributed by atoms with Gasteiger partial charge in [-0.2, -0.15) is 0 Å². The van der Waals surface area contributed by atoms with Crippen molar-refractivity contribution in [1.29, 1.82) is 0 Å². The maximum atomic E-state index is 9.25. The molecule has 0 heterocycles. The van der Waals surface area contributed by atoms with E-state index in [4.69, 9.17) is 5.73 Å². The van der Waals surface area contributed by atoms with Crippen LogP contribution in [0.15, 0.2) is 30.3 Å². The van der Waals surface area contributed by atoms with Gasteiger partial charge in [0.1, 0.15) is 0 Å². The van der Waals surface area contributed by atoms with Gasteiger partial charge in [-0.15, -0.1) is 0 Å². The van der Waals surface area contributed by atoms with Gasteiger partial charge in [0.05, 0.1) is 6.61 Å². The molecule has 2 unspecified atom stereocenters. The standard InChI is InChI=1S/C15H24N2O/c16-14-8-4-5-9-15(14)17(10-11-18)12-13-6-2-1-3-7-13/h1-3,6-7,14-15,18H,4-5,8-12,16H2. The Morgan fingerprint density at radius 1 is 1.17 bits per heavy atom. The van der Waals surface area contributed by atoms with Crippen LogP contribution in [0.25, 0.3) is 0 Å². The Morgan fingerprint density at radius 3 is 2.56 bits per heavy atom. The van der Waals surface area contributed by atoms with Crippen molar-refractivity contribution in [1.82, 2.24) is 4.90 Å². The number of hydrogen-bond donors (Lipinski definition) is 2. The Hall–Kier alpha value is -0.900. The number of benzene rings is 1. The first-order valence-corrected chi connectivity index (χ1v) is 6.95. The summed E-state index contributed by atoms with van der Waals surface area (Å²) in [5, 5.41) is 9.25. The molecule has 0 spiro atoms. The molecule has 3 nitrogen and oxygen atoms in total. The van der Waals surface area contributed by atoms with Gasteiger partial charge >= 0.3 is 0 Å². The van der Waals surface area contributed by atoms with Crippen LogP contribution in [0.5, 0.6) is 0 Å². The van der Waals surface area contributed by atoms with Crippen LogP contribution in [0.2, 0.25) is 0 Å². The highest BCUT2D eigenvalue weighted by atomic mass is 16.3. The number of nitrogens with zero attached hydrogens (tertiary/aromatic N) is 1. The zero-order chi connectivity index (χ0) is 12.8. The van der Waals surface area contributed by atoms with Gasteiger partial charge in [0, 0.05) is 25.2 Å². The highest BCUT2D eigenvalue weighted by molar-refractivity contribution is 5.14. The van der Waals surface area contributed by atoms with Gasteiger partial charge in [-0.3, -0.25) is 4.90 Å². The maximum Gasteiger partial charge on any atom is 0.0558 e. The molecule has 2 rings (SSSR count). The van der Waals surface area contributed by atoms with E-state index in [1.807, 2.05) is 6.07 Å². The van der Waals surface area contributed by atoms with E-state index in [0.717, 1.165) is 19.4 Å². The van der Waals surface area contributed by atoms with Crippen molar-refractivity contribution in [2.45, 2.75) is 44.3 Å². The predicted octanol–water partition coefficient (Wildman–Crippen LogP) is 1.75. The molecule has 0 radical (unpaired) electrons. The predicted molar refractivity (Wildman–Crippen MR) is 74.2 cm³/mol. The summed E-state index contributed by atoms with van der Waals surface area (Å²) in [6.45, 7) is 1.81. The Labute approximate surface area is 110 Å². The molecule has 0 aliphatic heterocycles. The molecule has 18 heavy (non-hydrogen) atoms. The molecule has 0 aromatic heterocycles. The van der Waals surface area contributed by atoms with Gasteiger partial charge < -0.3 is 10.8 Å². The number of rotatable bonds is 5. The minimum absolute atomic E-state index is 0.204. The van der Waals surface area contributed by atoms with Crippen molar-refractivity contribution in [2.75, 3.05) is 13.2 Å². The van der Waals surface area contributed by atoms with Gasteiger partial charge in [-0.25, -0.2) is 0 Å². The van der Waals surface area contributed by atoms with Gasteiger partial charge in [0.25, 0.3) is 0 Å². The van der Waals surface area contributed by atoms with Crippen LogP contribution in [-0.2, 0) is 6.54 Å². The number of nitrogens with two attached hydrogens (primary N) is 1. The minimum Gasteiger partial charge on any atom is -0.395 e. The zero-order valence-corrected chi connectivity index (χ0v) is 11.0. The van der Waals surface area contributed by atoms with Crippen LogP contribution in [0.3, 0.4) is 0 Å². The van der Waals surface area contributed by atoms with E-state index in [1.165, 1.54) is 18.4 Å². The van der Waals surface area contributed by atoms with E-state index in [-0.39, 0.29) is 12.6 Å². The molecular weight excluding hydrogens is 224 g/mol. The topological polar surface area (TPSA) is 49.5 Å². The quantitative estimate of drug-likeness (QED) is 0.834. The Kier molecular flexibility index (Phi) is 5.17. The molecule has 1 saturated carbocycles. The first kappa shape index (κ1) is 13.5. The first-order valence-electron chi connectivity index (χ1n) is 6.95. The fourth-order valence-corrected chi connectivity index (χ4v) is 2.90.